The number of methoxy groups -OCH3 is 1. The molecule has 1 atom stereocenters. The molecule has 0 aliphatic carbocycles. The molecule has 0 amide bonds. The van der Waals surface area contributed by atoms with Gasteiger partial charge in [0.25, 0.3) is 0 Å². The molecule has 20 heavy (non-hydrogen) atoms. The Morgan fingerprint density at radius 1 is 1.00 bits per heavy atom. The summed E-state index contributed by atoms with van der Waals surface area (Å²) in [5.74, 6) is 0.884. The maximum Gasteiger partial charge on any atom is 0.0704 e. The molecule has 4 heteroatoms. The van der Waals surface area contributed by atoms with E-state index in [0.717, 1.165) is 19.1 Å². The Bertz CT molecular complexity index is 255. The molecule has 0 spiro atoms. The fourth-order valence-electron chi connectivity index (χ4n) is 3.51. The van der Waals surface area contributed by atoms with Crippen LogP contribution in [0.5, 0.6) is 0 Å². The highest BCUT2D eigenvalue weighted by atomic mass is 16.5. The summed E-state index contributed by atoms with van der Waals surface area (Å²) in [5.41, 5.74) is 0. The molecule has 2 saturated heterocycles. The zero-order valence-electron chi connectivity index (χ0n) is 13.4. The lowest BCUT2D eigenvalue weighted by Gasteiger charge is -2.38. The third kappa shape index (κ3) is 5.32. The largest absolute Gasteiger partial charge is 0.382 e. The summed E-state index contributed by atoms with van der Waals surface area (Å²) < 4.78 is 10.9. The van der Waals surface area contributed by atoms with E-state index in [1.165, 1.54) is 65.0 Å². The van der Waals surface area contributed by atoms with Crippen molar-refractivity contribution in [3.63, 3.8) is 0 Å². The minimum Gasteiger partial charge on any atom is -0.382 e. The molecule has 0 aromatic rings. The monoisotopic (exact) mass is 284 g/mol. The first-order valence-corrected chi connectivity index (χ1v) is 8.37. The zero-order chi connectivity index (χ0) is 14.2. The van der Waals surface area contributed by atoms with E-state index in [0.29, 0.717) is 6.10 Å². The number of hydrogen-bond donors (Lipinski definition) is 0. The molecule has 4 nitrogen and oxygen atoms in total. The van der Waals surface area contributed by atoms with Crippen LogP contribution in [0.1, 0.15) is 32.6 Å². The van der Waals surface area contributed by atoms with E-state index in [9.17, 15) is 0 Å². The lowest BCUT2D eigenvalue weighted by atomic mass is 9.96. The van der Waals surface area contributed by atoms with Crippen molar-refractivity contribution in [2.45, 2.75) is 38.7 Å². The third-order valence-electron chi connectivity index (χ3n) is 4.74. The van der Waals surface area contributed by atoms with Crippen molar-refractivity contribution in [2.75, 3.05) is 59.6 Å². The summed E-state index contributed by atoms with van der Waals surface area (Å²) in [7, 11) is 1.73. The Hall–Kier alpha value is -0.160. The Labute approximate surface area is 124 Å². The van der Waals surface area contributed by atoms with Gasteiger partial charge in [-0.2, -0.15) is 0 Å². The molecule has 0 radical (unpaired) electrons. The molecule has 0 aromatic heterocycles. The van der Waals surface area contributed by atoms with Crippen molar-refractivity contribution in [1.82, 2.24) is 9.80 Å². The van der Waals surface area contributed by atoms with Gasteiger partial charge in [0, 0.05) is 33.3 Å². The summed E-state index contributed by atoms with van der Waals surface area (Å²) in [6.45, 7) is 11.3. The molecule has 1 unspecified atom stereocenters. The molecule has 0 bridgehead atoms. The predicted octanol–water partition coefficient (Wildman–Crippen LogP) is 1.85. The fourth-order valence-corrected chi connectivity index (χ4v) is 3.51. The molecule has 2 aliphatic rings. The van der Waals surface area contributed by atoms with Gasteiger partial charge in [0.1, 0.15) is 0 Å². The van der Waals surface area contributed by atoms with Crippen molar-refractivity contribution in [3.05, 3.63) is 0 Å². The van der Waals surface area contributed by atoms with Gasteiger partial charge in [-0.15, -0.1) is 0 Å². The molecule has 118 valence electrons. The first-order valence-electron chi connectivity index (χ1n) is 8.37. The van der Waals surface area contributed by atoms with Crippen LogP contribution in [0.4, 0.5) is 0 Å². The summed E-state index contributed by atoms with van der Waals surface area (Å²) in [5, 5.41) is 0. The van der Waals surface area contributed by atoms with E-state index >= 15 is 0 Å². The molecule has 0 saturated carbocycles. The van der Waals surface area contributed by atoms with Gasteiger partial charge in [0.2, 0.25) is 0 Å². The molecule has 0 aromatic carbocycles. The van der Waals surface area contributed by atoms with Gasteiger partial charge in [0.15, 0.2) is 0 Å². The third-order valence-corrected chi connectivity index (χ3v) is 4.74. The second kappa shape index (κ2) is 8.98. The molecule has 0 N–H and O–H groups in total. The number of likely N-dealkylation sites (tertiary alicyclic amines) is 2. The predicted molar refractivity (Wildman–Crippen MR) is 82.1 cm³/mol. The summed E-state index contributed by atoms with van der Waals surface area (Å²) in [4.78, 5) is 5.26. The van der Waals surface area contributed by atoms with E-state index in [2.05, 4.69) is 16.7 Å². The van der Waals surface area contributed by atoms with Gasteiger partial charge >= 0.3 is 0 Å². The first kappa shape index (κ1) is 16.2. The van der Waals surface area contributed by atoms with Crippen LogP contribution in [-0.2, 0) is 9.47 Å². The minimum atomic E-state index is 0.458. The van der Waals surface area contributed by atoms with Gasteiger partial charge in [0.05, 0.1) is 19.3 Å². The first-order chi connectivity index (χ1) is 9.81. The summed E-state index contributed by atoms with van der Waals surface area (Å²) in [6.07, 6.45) is 5.64. The van der Waals surface area contributed by atoms with Crippen LogP contribution in [0.3, 0.4) is 0 Å². The summed E-state index contributed by atoms with van der Waals surface area (Å²) in [6, 6.07) is 0. The van der Waals surface area contributed by atoms with E-state index < -0.39 is 0 Å². The van der Waals surface area contributed by atoms with Crippen molar-refractivity contribution >= 4 is 0 Å². The number of rotatable bonds is 7. The highest BCUT2D eigenvalue weighted by molar-refractivity contribution is 4.79. The molecule has 2 heterocycles. The van der Waals surface area contributed by atoms with Crippen LogP contribution >= 0.6 is 0 Å². The Kier molecular flexibility index (Phi) is 7.28. The van der Waals surface area contributed by atoms with Gasteiger partial charge < -0.3 is 19.3 Å². The van der Waals surface area contributed by atoms with Crippen LogP contribution in [0.15, 0.2) is 0 Å². The SMILES string of the molecule is CCN1CCCC(CN2CCC(OCCOC)CC2)C1. The maximum atomic E-state index is 5.84. The normalized spacial score (nSPS) is 27.0. The lowest BCUT2D eigenvalue weighted by Crippen LogP contribution is -2.44. The molecule has 2 rings (SSSR count). The Morgan fingerprint density at radius 3 is 2.50 bits per heavy atom. The van der Waals surface area contributed by atoms with Crippen LogP contribution in [-0.4, -0.2) is 75.5 Å². The Morgan fingerprint density at radius 2 is 1.80 bits per heavy atom. The number of nitrogens with zero attached hydrogens (tertiary/aromatic N) is 2. The van der Waals surface area contributed by atoms with Crippen LogP contribution < -0.4 is 0 Å². The standard InChI is InChI=1S/C16H32N2O2/c1-3-17-8-4-5-15(13-17)14-18-9-6-16(7-10-18)20-12-11-19-2/h15-16H,3-14H2,1-2H3. The quantitative estimate of drug-likeness (QED) is 0.666. The molecular formula is C16H32N2O2. The van der Waals surface area contributed by atoms with Crippen LogP contribution in [0.2, 0.25) is 0 Å². The average molecular weight is 284 g/mol. The van der Waals surface area contributed by atoms with Gasteiger partial charge in [-0.25, -0.2) is 0 Å². The highest BCUT2D eigenvalue weighted by Gasteiger charge is 2.24. The highest BCUT2D eigenvalue weighted by Crippen LogP contribution is 2.20. The summed E-state index contributed by atoms with van der Waals surface area (Å²) >= 11 is 0. The number of piperidine rings is 2. The Balaban J connectivity index is 1.61. The number of ether oxygens (including phenoxy) is 2. The number of hydrogen-bond acceptors (Lipinski definition) is 4. The van der Waals surface area contributed by atoms with Crippen molar-refractivity contribution in [3.8, 4) is 0 Å². The van der Waals surface area contributed by atoms with E-state index in [-0.39, 0.29) is 0 Å². The maximum absolute atomic E-state index is 5.84. The lowest BCUT2D eigenvalue weighted by molar-refractivity contribution is -0.0182. The molecule has 2 fully saturated rings. The minimum absolute atomic E-state index is 0.458. The van der Waals surface area contributed by atoms with Crippen molar-refractivity contribution in [2.24, 2.45) is 5.92 Å². The average Bonchev–Trinajstić information content (AvgIpc) is 2.49. The van der Waals surface area contributed by atoms with E-state index in [4.69, 9.17) is 9.47 Å². The second-order valence-corrected chi connectivity index (χ2v) is 6.27. The zero-order valence-corrected chi connectivity index (χ0v) is 13.4. The molecular weight excluding hydrogens is 252 g/mol. The van der Waals surface area contributed by atoms with Gasteiger partial charge in [-0.3, -0.25) is 0 Å². The molecule has 2 aliphatic heterocycles. The van der Waals surface area contributed by atoms with Crippen LogP contribution in [0, 0.1) is 5.92 Å². The fraction of sp³-hybridized carbons (Fsp3) is 1.00. The van der Waals surface area contributed by atoms with Crippen LogP contribution in [0.25, 0.3) is 0 Å². The topological polar surface area (TPSA) is 24.9 Å². The van der Waals surface area contributed by atoms with Gasteiger partial charge in [-0.1, -0.05) is 6.92 Å². The van der Waals surface area contributed by atoms with E-state index in [1.807, 2.05) is 0 Å². The second-order valence-electron chi connectivity index (χ2n) is 6.27. The van der Waals surface area contributed by atoms with Crippen molar-refractivity contribution in [1.29, 1.82) is 0 Å². The van der Waals surface area contributed by atoms with Crippen molar-refractivity contribution < 1.29 is 9.47 Å². The van der Waals surface area contributed by atoms with Gasteiger partial charge in [-0.05, 0) is 44.7 Å². The smallest absolute Gasteiger partial charge is 0.0704 e. The van der Waals surface area contributed by atoms with E-state index in [1.54, 1.807) is 7.11 Å².